The molecule has 34 heavy (non-hydrogen) atoms. The summed E-state index contributed by atoms with van der Waals surface area (Å²) in [6.07, 6.45) is 0. The predicted octanol–water partition coefficient (Wildman–Crippen LogP) is 3.61. The van der Waals surface area contributed by atoms with E-state index in [0.29, 0.717) is 23.7 Å². The molecule has 0 bridgehead atoms. The Kier molecular flexibility index (Phi) is 9.87. The molecule has 1 N–H and O–H groups in total. The van der Waals surface area contributed by atoms with E-state index in [1.807, 2.05) is 0 Å². The molecule has 0 radical (unpaired) electrons. The van der Waals surface area contributed by atoms with Crippen molar-refractivity contribution in [2.24, 2.45) is 0 Å². The van der Waals surface area contributed by atoms with E-state index in [1.165, 1.54) is 19.2 Å². The van der Waals surface area contributed by atoms with Crippen LogP contribution in [0.2, 0.25) is 0 Å². The van der Waals surface area contributed by atoms with Crippen molar-refractivity contribution in [2.45, 2.75) is 27.7 Å². The highest BCUT2D eigenvalue weighted by Crippen LogP contribution is 2.34. The van der Waals surface area contributed by atoms with Crippen LogP contribution in [0.5, 0.6) is 11.5 Å². The zero-order valence-electron chi connectivity index (χ0n) is 19.6. The molecule has 0 spiro atoms. The number of benzene rings is 1. The van der Waals surface area contributed by atoms with Gasteiger partial charge in [0, 0.05) is 0 Å². The zero-order chi connectivity index (χ0) is 25.3. The lowest BCUT2D eigenvalue weighted by Gasteiger charge is -2.11. The van der Waals surface area contributed by atoms with E-state index < -0.39 is 30.4 Å². The summed E-state index contributed by atoms with van der Waals surface area (Å²) >= 11 is 0.881. The van der Waals surface area contributed by atoms with E-state index in [4.69, 9.17) is 23.7 Å². The smallest absolute Gasteiger partial charge is 0.348 e. The number of rotatable bonds is 11. The normalized spacial score (nSPS) is 10.3. The first kappa shape index (κ1) is 26.7. The SMILES string of the molecule is CCOC(=O)c1sc(NC(=O)COC(=O)c2ccc(OC)c(OCC)c2)c(C(=O)OCC)c1C. The molecule has 0 saturated heterocycles. The summed E-state index contributed by atoms with van der Waals surface area (Å²) in [5, 5.41) is 2.61. The van der Waals surface area contributed by atoms with Gasteiger partial charge in [-0.1, -0.05) is 0 Å². The van der Waals surface area contributed by atoms with Crippen molar-refractivity contribution in [2.75, 3.05) is 38.9 Å². The van der Waals surface area contributed by atoms with Gasteiger partial charge in [0.25, 0.3) is 5.91 Å². The van der Waals surface area contributed by atoms with Gasteiger partial charge in [0.15, 0.2) is 18.1 Å². The molecule has 0 aliphatic heterocycles. The minimum atomic E-state index is -0.751. The Morgan fingerprint density at radius 3 is 2.18 bits per heavy atom. The van der Waals surface area contributed by atoms with Crippen LogP contribution in [0.1, 0.15) is 56.7 Å². The second-order valence-electron chi connectivity index (χ2n) is 6.62. The number of hydrogen-bond acceptors (Lipinski definition) is 10. The van der Waals surface area contributed by atoms with Crippen molar-refractivity contribution in [1.82, 2.24) is 0 Å². The third-order valence-electron chi connectivity index (χ3n) is 4.37. The largest absolute Gasteiger partial charge is 0.493 e. The molecule has 0 saturated carbocycles. The van der Waals surface area contributed by atoms with Crippen LogP contribution in [-0.2, 0) is 19.0 Å². The number of thiophene rings is 1. The van der Waals surface area contributed by atoms with Crippen LogP contribution in [0, 0.1) is 6.92 Å². The van der Waals surface area contributed by atoms with Gasteiger partial charge in [0.2, 0.25) is 0 Å². The van der Waals surface area contributed by atoms with Gasteiger partial charge in [-0.3, -0.25) is 4.79 Å². The third kappa shape index (κ3) is 6.47. The topological polar surface area (TPSA) is 126 Å². The zero-order valence-corrected chi connectivity index (χ0v) is 20.5. The number of esters is 3. The molecule has 0 aliphatic carbocycles. The minimum absolute atomic E-state index is 0.0473. The van der Waals surface area contributed by atoms with Crippen LogP contribution in [0.4, 0.5) is 5.00 Å². The summed E-state index contributed by atoms with van der Waals surface area (Å²) in [4.78, 5) is 49.7. The van der Waals surface area contributed by atoms with Crippen molar-refractivity contribution < 1.29 is 42.9 Å². The predicted molar refractivity (Wildman–Crippen MR) is 124 cm³/mol. The maximum absolute atomic E-state index is 12.5. The summed E-state index contributed by atoms with van der Waals surface area (Å²) in [6.45, 7) is 6.66. The maximum atomic E-state index is 12.5. The van der Waals surface area contributed by atoms with Crippen molar-refractivity contribution >= 4 is 40.2 Å². The summed E-state index contributed by atoms with van der Waals surface area (Å²) in [6, 6.07) is 4.49. The summed E-state index contributed by atoms with van der Waals surface area (Å²) in [5.74, 6) is -1.95. The Bertz CT molecular complexity index is 1060. The number of carbonyl (C=O) groups is 4. The molecule has 11 heteroatoms. The molecule has 0 atom stereocenters. The summed E-state index contributed by atoms with van der Waals surface area (Å²) in [5.41, 5.74) is 0.544. The molecular formula is C23H27NO9S. The standard InChI is InChI=1S/C23H27NO9S/c1-6-30-16-11-14(9-10-15(16)29-5)21(26)33-12-17(25)24-20-18(22(27)31-7-2)13(4)19(34-20)23(28)32-8-3/h9-11H,6-8,12H2,1-5H3,(H,24,25). The van der Waals surface area contributed by atoms with Gasteiger partial charge < -0.3 is 29.0 Å². The number of ether oxygens (including phenoxy) is 5. The molecule has 2 rings (SSSR count). The molecule has 1 amide bonds. The first-order valence-corrected chi connectivity index (χ1v) is 11.3. The van der Waals surface area contributed by atoms with E-state index in [-0.39, 0.29) is 34.2 Å². The lowest BCUT2D eigenvalue weighted by molar-refractivity contribution is -0.119. The van der Waals surface area contributed by atoms with Crippen molar-refractivity contribution in [3.8, 4) is 11.5 Å². The molecule has 184 valence electrons. The van der Waals surface area contributed by atoms with Gasteiger partial charge in [-0.2, -0.15) is 0 Å². The molecule has 0 aliphatic rings. The third-order valence-corrected chi connectivity index (χ3v) is 5.56. The maximum Gasteiger partial charge on any atom is 0.348 e. The summed E-state index contributed by atoms with van der Waals surface area (Å²) in [7, 11) is 1.48. The van der Waals surface area contributed by atoms with Crippen molar-refractivity contribution in [3.63, 3.8) is 0 Å². The first-order chi connectivity index (χ1) is 16.3. The van der Waals surface area contributed by atoms with Crippen LogP contribution < -0.4 is 14.8 Å². The van der Waals surface area contributed by atoms with Gasteiger partial charge in [-0.15, -0.1) is 11.3 Å². The Hall–Kier alpha value is -3.60. The number of hydrogen-bond donors (Lipinski definition) is 1. The fraction of sp³-hybridized carbons (Fsp3) is 0.391. The molecule has 2 aromatic rings. The van der Waals surface area contributed by atoms with Crippen LogP contribution in [0.25, 0.3) is 0 Å². The van der Waals surface area contributed by atoms with E-state index in [2.05, 4.69) is 5.32 Å². The summed E-state index contributed by atoms with van der Waals surface area (Å²) < 4.78 is 25.8. The molecule has 1 aromatic carbocycles. The highest BCUT2D eigenvalue weighted by Gasteiger charge is 2.27. The Morgan fingerprint density at radius 2 is 1.56 bits per heavy atom. The van der Waals surface area contributed by atoms with Gasteiger partial charge >= 0.3 is 17.9 Å². The molecular weight excluding hydrogens is 466 g/mol. The molecule has 0 unspecified atom stereocenters. The highest BCUT2D eigenvalue weighted by atomic mass is 32.1. The van der Waals surface area contributed by atoms with Crippen LogP contribution in [0.3, 0.4) is 0 Å². The molecule has 1 aromatic heterocycles. The number of methoxy groups -OCH3 is 1. The number of anilines is 1. The number of nitrogens with one attached hydrogen (secondary N) is 1. The number of carbonyl (C=O) groups excluding carboxylic acids is 4. The molecule has 0 fully saturated rings. The van der Waals surface area contributed by atoms with Crippen LogP contribution in [-0.4, -0.2) is 57.4 Å². The lowest BCUT2D eigenvalue weighted by atomic mass is 10.1. The minimum Gasteiger partial charge on any atom is -0.493 e. The molecule has 1 heterocycles. The van der Waals surface area contributed by atoms with E-state index in [9.17, 15) is 19.2 Å². The van der Waals surface area contributed by atoms with Crippen molar-refractivity contribution in [1.29, 1.82) is 0 Å². The fourth-order valence-corrected chi connectivity index (χ4v) is 4.00. The van der Waals surface area contributed by atoms with E-state index in [0.717, 1.165) is 11.3 Å². The average molecular weight is 494 g/mol. The van der Waals surface area contributed by atoms with Crippen molar-refractivity contribution in [3.05, 3.63) is 39.8 Å². The number of amides is 1. The van der Waals surface area contributed by atoms with Gasteiger partial charge in [-0.25, -0.2) is 14.4 Å². The second-order valence-corrected chi connectivity index (χ2v) is 7.64. The molecule has 10 nitrogen and oxygen atoms in total. The van der Waals surface area contributed by atoms with E-state index in [1.54, 1.807) is 33.8 Å². The first-order valence-electron chi connectivity index (χ1n) is 10.5. The second kappa shape index (κ2) is 12.6. The Balaban J connectivity index is 2.15. The van der Waals surface area contributed by atoms with Gasteiger partial charge in [-0.05, 0) is 51.5 Å². The monoisotopic (exact) mass is 493 g/mol. The lowest BCUT2D eigenvalue weighted by Crippen LogP contribution is -2.21. The van der Waals surface area contributed by atoms with E-state index >= 15 is 0 Å². The van der Waals surface area contributed by atoms with Crippen LogP contribution >= 0.6 is 11.3 Å². The van der Waals surface area contributed by atoms with Gasteiger partial charge in [0.05, 0.1) is 38.1 Å². The van der Waals surface area contributed by atoms with Gasteiger partial charge in [0.1, 0.15) is 9.88 Å². The van der Waals surface area contributed by atoms with Crippen LogP contribution in [0.15, 0.2) is 18.2 Å². The fourth-order valence-electron chi connectivity index (χ4n) is 2.89. The Morgan fingerprint density at radius 1 is 0.882 bits per heavy atom. The quantitative estimate of drug-likeness (QED) is 0.369. The highest BCUT2D eigenvalue weighted by molar-refractivity contribution is 7.18. The Labute approximate surface area is 201 Å². The average Bonchev–Trinajstić information content (AvgIpc) is 3.13.